The number of carbonyl (C=O) groups is 1. The number of carbonyl (C=O) groups excluding carboxylic acids is 1. The van der Waals surface area contributed by atoms with Gasteiger partial charge in [0.25, 0.3) is 0 Å². The van der Waals surface area contributed by atoms with Crippen LogP contribution in [-0.2, 0) is 4.79 Å². The van der Waals surface area contributed by atoms with Crippen molar-refractivity contribution >= 4 is 17.5 Å². The van der Waals surface area contributed by atoms with E-state index in [9.17, 15) is 4.79 Å². The predicted octanol–water partition coefficient (Wildman–Crippen LogP) is 2.28. The maximum Gasteiger partial charge on any atom is 0.224 e. The molecule has 2 unspecified atom stereocenters. The standard InChI is InChI=1S/C16H24ClN3O/c1-12(18)11-16(21)20-9-7-19(8-10-20)13(2)14-3-5-15(17)6-4-14/h3-6,12-13H,7-11,18H2,1-2H3. The van der Waals surface area contributed by atoms with Gasteiger partial charge in [-0.1, -0.05) is 23.7 Å². The summed E-state index contributed by atoms with van der Waals surface area (Å²) in [6.07, 6.45) is 0.437. The Morgan fingerprint density at radius 1 is 1.19 bits per heavy atom. The van der Waals surface area contributed by atoms with Gasteiger partial charge in [0, 0.05) is 49.7 Å². The van der Waals surface area contributed by atoms with E-state index in [2.05, 4.69) is 24.0 Å². The number of halogens is 1. The summed E-state index contributed by atoms with van der Waals surface area (Å²) >= 11 is 5.93. The van der Waals surface area contributed by atoms with E-state index in [1.807, 2.05) is 24.0 Å². The molecule has 0 aliphatic carbocycles. The van der Waals surface area contributed by atoms with Gasteiger partial charge in [-0.15, -0.1) is 0 Å². The highest BCUT2D eigenvalue weighted by Gasteiger charge is 2.24. The Bertz CT molecular complexity index is 467. The molecule has 0 radical (unpaired) electrons. The van der Waals surface area contributed by atoms with E-state index in [1.165, 1.54) is 5.56 Å². The topological polar surface area (TPSA) is 49.6 Å². The molecule has 2 rings (SSSR count). The van der Waals surface area contributed by atoms with E-state index in [4.69, 9.17) is 17.3 Å². The van der Waals surface area contributed by atoms with Gasteiger partial charge in [-0.3, -0.25) is 9.69 Å². The molecule has 1 saturated heterocycles. The Labute approximate surface area is 131 Å². The highest BCUT2D eigenvalue weighted by molar-refractivity contribution is 6.30. The van der Waals surface area contributed by atoms with Gasteiger partial charge < -0.3 is 10.6 Å². The zero-order valence-corrected chi connectivity index (χ0v) is 13.5. The first kappa shape index (κ1) is 16.3. The van der Waals surface area contributed by atoms with Gasteiger partial charge in [0.05, 0.1) is 0 Å². The summed E-state index contributed by atoms with van der Waals surface area (Å²) in [5.41, 5.74) is 6.95. The van der Waals surface area contributed by atoms with Crippen LogP contribution in [0.4, 0.5) is 0 Å². The van der Waals surface area contributed by atoms with Crippen molar-refractivity contribution in [3.05, 3.63) is 34.9 Å². The molecule has 116 valence electrons. The van der Waals surface area contributed by atoms with Crippen molar-refractivity contribution in [1.29, 1.82) is 0 Å². The number of piperazine rings is 1. The molecule has 0 spiro atoms. The molecule has 2 N–H and O–H groups in total. The van der Waals surface area contributed by atoms with Crippen LogP contribution in [0.5, 0.6) is 0 Å². The molecule has 2 atom stereocenters. The number of nitrogens with two attached hydrogens (primary N) is 1. The van der Waals surface area contributed by atoms with Crippen LogP contribution >= 0.6 is 11.6 Å². The molecule has 1 aliphatic rings. The van der Waals surface area contributed by atoms with E-state index in [-0.39, 0.29) is 11.9 Å². The second-order valence-corrected chi connectivity index (χ2v) is 6.26. The monoisotopic (exact) mass is 309 g/mol. The van der Waals surface area contributed by atoms with Crippen LogP contribution in [0.25, 0.3) is 0 Å². The molecule has 0 bridgehead atoms. The zero-order chi connectivity index (χ0) is 15.4. The van der Waals surface area contributed by atoms with E-state index >= 15 is 0 Å². The van der Waals surface area contributed by atoms with E-state index < -0.39 is 0 Å². The smallest absolute Gasteiger partial charge is 0.224 e. The maximum absolute atomic E-state index is 12.0. The fraction of sp³-hybridized carbons (Fsp3) is 0.562. The van der Waals surface area contributed by atoms with E-state index in [0.717, 1.165) is 31.2 Å². The summed E-state index contributed by atoms with van der Waals surface area (Å²) in [5, 5.41) is 0.761. The van der Waals surface area contributed by atoms with Gasteiger partial charge >= 0.3 is 0 Å². The lowest BCUT2D eigenvalue weighted by Crippen LogP contribution is -2.50. The Morgan fingerprint density at radius 3 is 2.29 bits per heavy atom. The van der Waals surface area contributed by atoms with Crippen molar-refractivity contribution in [1.82, 2.24) is 9.80 Å². The number of nitrogens with zero attached hydrogens (tertiary/aromatic N) is 2. The number of amides is 1. The van der Waals surface area contributed by atoms with Gasteiger partial charge in [-0.2, -0.15) is 0 Å². The first-order chi connectivity index (χ1) is 9.97. The predicted molar refractivity (Wildman–Crippen MR) is 86.3 cm³/mol. The van der Waals surface area contributed by atoms with Crippen molar-refractivity contribution in [3.8, 4) is 0 Å². The van der Waals surface area contributed by atoms with Crippen molar-refractivity contribution in [2.45, 2.75) is 32.4 Å². The summed E-state index contributed by atoms with van der Waals surface area (Å²) in [7, 11) is 0. The summed E-state index contributed by atoms with van der Waals surface area (Å²) in [5.74, 6) is 0.170. The van der Waals surface area contributed by atoms with E-state index in [0.29, 0.717) is 12.5 Å². The van der Waals surface area contributed by atoms with E-state index in [1.54, 1.807) is 0 Å². The molecule has 21 heavy (non-hydrogen) atoms. The van der Waals surface area contributed by atoms with Crippen molar-refractivity contribution in [3.63, 3.8) is 0 Å². The Morgan fingerprint density at radius 2 is 1.76 bits per heavy atom. The van der Waals surface area contributed by atoms with Crippen LogP contribution in [0.1, 0.15) is 31.9 Å². The third kappa shape index (κ3) is 4.43. The zero-order valence-electron chi connectivity index (χ0n) is 12.8. The minimum absolute atomic E-state index is 0.0662. The Kier molecular flexibility index (Phi) is 5.62. The molecule has 5 heteroatoms. The van der Waals surface area contributed by atoms with Crippen molar-refractivity contribution in [2.75, 3.05) is 26.2 Å². The largest absolute Gasteiger partial charge is 0.340 e. The van der Waals surface area contributed by atoms with Crippen molar-refractivity contribution < 1.29 is 4.79 Å². The third-order valence-electron chi connectivity index (χ3n) is 4.06. The summed E-state index contributed by atoms with van der Waals surface area (Å²) in [4.78, 5) is 16.3. The van der Waals surface area contributed by atoms with Gasteiger partial charge in [0.2, 0.25) is 5.91 Å². The number of hydrogen-bond donors (Lipinski definition) is 1. The molecular formula is C16H24ClN3O. The molecule has 1 fully saturated rings. The fourth-order valence-electron chi connectivity index (χ4n) is 2.72. The summed E-state index contributed by atoms with van der Waals surface area (Å²) in [6, 6.07) is 8.27. The minimum atomic E-state index is -0.0662. The van der Waals surface area contributed by atoms with Crippen LogP contribution in [0.3, 0.4) is 0 Å². The first-order valence-electron chi connectivity index (χ1n) is 7.50. The molecule has 1 aromatic rings. The Hall–Kier alpha value is -1.10. The molecular weight excluding hydrogens is 286 g/mol. The summed E-state index contributed by atoms with van der Waals surface area (Å²) < 4.78 is 0. The SMILES string of the molecule is CC(N)CC(=O)N1CCN(C(C)c2ccc(Cl)cc2)CC1. The minimum Gasteiger partial charge on any atom is -0.340 e. The number of benzene rings is 1. The average molecular weight is 310 g/mol. The van der Waals surface area contributed by atoms with Crippen LogP contribution in [-0.4, -0.2) is 47.9 Å². The van der Waals surface area contributed by atoms with Crippen molar-refractivity contribution in [2.24, 2.45) is 5.73 Å². The van der Waals surface area contributed by atoms with Gasteiger partial charge in [0.1, 0.15) is 0 Å². The quantitative estimate of drug-likeness (QED) is 0.928. The highest BCUT2D eigenvalue weighted by atomic mass is 35.5. The number of rotatable bonds is 4. The van der Waals surface area contributed by atoms with Crippen LogP contribution < -0.4 is 5.73 Å². The van der Waals surface area contributed by atoms with Crippen LogP contribution in [0.15, 0.2) is 24.3 Å². The average Bonchev–Trinajstić information content (AvgIpc) is 2.47. The summed E-state index contributed by atoms with van der Waals surface area (Å²) in [6.45, 7) is 7.43. The second-order valence-electron chi connectivity index (χ2n) is 5.83. The van der Waals surface area contributed by atoms with Gasteiger partial charge in [-0.05, 0) is 31.5 Å². The van der Waals surface area contributed by atoms with Crippen LogP contribution in [0.2, 0.25) is 5.02 Å². The van der Waals surface area contributed by atoms with Gasteiger partial charge in [-0.25, -0.2) is 0 Å². The fourth-order valence-corrected chi connectivity index (χ4v) is 2.84. The lowest BCUT2D eigenvalue weighted by molar-refractivity contribution is -0.133. The van der Waals surface area contributed by atoms with Gasteiger partial charge in [0.15, 0.2) is 0 Å². The second kappa shape index (κ2) is 7.25. The normalized spacial score (nSPS) is 19.3. The lowest BCUT2D eigenvalue weighted by atomic mass is 10.1. The Balaban J connectivity index is 1.88. The lowest BCUT2D eigenvalue weighted by Gasteiger charge is -2.38. The molecule has 4 nitrogen and oxygen atoms in total. The molecule has 1 aromatic carbocycles. The third-order valence-corrected chi connectivity index (χ3v) is 4.32. The molecule has 0 aromatic heterocycles. The molecule has 0 saturated carbocycles. The number of hydrogen-bond acceptors (Lipinski definition) is 3. The van der Waals surface area contributed by atoms with Crippen LogP contribution in [0, 0.1) is 0 Å². The maximum atomic E-state index is 12.0. The highest BCUT2D eigenvalue weighted by Crippen LogP contribution is 2.23. The first-order valence-corrected chi connectivity index (χ1v) is 7.88. The molecule has 1 aliphatic heterocycles. The molecule has 1 heterocycles. The molecule has 1 amide bonds.